The molecule has 1 aromatic carbocycles. The molecule has 0 aliphatic heterocycles. The average molecular weight is 315 g/mol. The van der Waals surface area contributed by atoms with Gasteiger partial charge in [0.2, 0.25) is 0 Å². The summed E-state index contributed by atoms with van der Waals surface area (Å²) in [5.41, 5.74) is 5.65. The van der Waals surface area contributed by atoms with Crippen molar-refractivity contribution in [3.05, 3.63) is 40.7 Å². The second kappa shape index (κ2) is 5.44. The fraction of sp³-hybridized carbons (Fsp3) is 0.143. The second-order valence-corrected chi connectivity index (χ2v) is 4.59. The van der Waals surface area contributed by atoms with E-state index in [1.807, 2.05) is 0 Å². The number of aromatic amines is 1. The quantitative estimate of drug-likeness (QED) is 0.709. The molecular formula is C14H13N5O4. The maximum absolute atomic E-state index is 12.3. The van der Waals surface area contributed by atoms with Crippen molar-refractivity contribution in [3.8, 4) is 17.2 Å². The van der Waals surface area contributed by atoms with Gasteiger partial charge in [-0.2, -0.15) is 0 Å². The third-order valence-corrected chi connectivity index (χ3v) is 3.33. The number of carbonyl (C=O) groups is 1. The molecule has 2 heterocycles. The van der Waals surface area contributed by atoms with Crippen LogP contribution in [0.1, 0.15) is 10.5 Å². The zero-order chi connectivity index (χ0) is 16.6. The van der Waals surface area contributed by atoms with E-state index in [9.17, 15) is 9.59 Å². The van der Waals surface area contributed by atoms with E-state index in [1.165, 1.54) is 25.1 Å². The van der Waals surface area contributed by atoms with E-state index in [0.717, 1.165) is 0 Å². The average Bonchev–Trinajstić information content (AvgIpc) is 2.89. The summed E-state index contributed by atoms with van der Waals surface area (Å²) in [7, 11) is 3.01. The highest BCUT2D eigenvalue weighted by Crippen LogP contribution is 2.29. The number of aromatic nitrogens is 4. The van der Waals surface area contributed by atoms with Crippen LogP contribution in [0.3, 0.4) is 0 Å². The number of amides is 1. The lowest BCUT2D eigenvalue weighted by molar-refractivity contribution is 0.0997. The lowest BCUT2D eigenvalue weighted by atomic mass is 10.2. The molecule has 1 amide bonds. The number of primary amides is 1. The highest BCUT2D eigenvalue weighted by molar-refractivity contribution is 6.01. The summed E-state index contributed by atoms with van der Waals surface area (Å²) in [5.74, 6) is 0.227. The van der Waals surface area contributed by atoms with Crippen molar-refractivity contribution >= 4 is 17.1 Å². The van der Waals surface area contributed by atoms with E-state index in [4.69, 9.17) is 15.2 Å². The molecule has 9 heteroatoms. The number of nitrogens with zero attached hydrogens (tertiary/aromatic N) is 3. The number of H-pyrrole nitrogens is 1. The Morgan fingerprint density at radius 1 is 1.22 bits per heavy atom. The lowest BCUT2D eigenvalue weighted by Crippen LogP contribution is -2.15. The number of carbonyl (C=O) groups excluding carboxylic acids is 1. The molecule has 0 atom stereocenters. The molecule has 3 N–H and O–H groups in total. The maximum atomic E-state index is 12.3. The number of nitrogens with two attached hydrogens (primary N) is 1. The molecule has 3 rings (SSSR count). The highest BCUT2D eigenvalue weighted by atomic mass is 16.5. The third kappa shape index (κ3) is 2.27. The molecule has 0 saturated carbocycles. The molecule has 0 spiro atoms. The van der Waals surface area contributed by atoms with Crippen molar-refractivity contribution in [2.45, 2.75) is 0 Å². The van der Waals surface area contributed by atoms with Gasteiger partial charge < -0.3 is 20.2 Å². The first-order valence-corrected chi connectivity index (χ1v) is 6.54. The summed E-state index contributed by atoms with van der Waals surface area (Å²) in [6, 6.07) is 4.96. The van der Waals surface area contributed by atoms with Crippen LogP contribution in [-0.2, 0) is 0 Å². The van der Waals surface area contributed by atoms with Gasteiger partial charge in [-0.1, -0.05) is 0 Å². The van der Waals surface area contributed by atoms with Crippen molar-refractivity contribution in [1.29, 1.82) is 0 Å². The SMILES string of the molecule is COc1ccc(-n2c(=O)[nH]c3c(C(N)=O)ncnc32)cc1OC. The summed E-state index contributed by atoms with van der Waals surface area (Å²) in [5, 5.41) is 0. The topological polar surface area (TPSA) is 125 Å². The van der Waals surface area contributed by atoms with Crippen LogP contribution in [0, 0.1) is 0 Å². The van der Waals surface area contributed by atoms with E-state index < -0.39 is 11.6 Å². The Morgan fingerprint density at radius 3 is 2.61 bits per heavy atom. The molecular weight excluding hydrogens is 302 g/mol. The van der Waals surface area contributed by atoms with Gasteiger partial charge in [0.25, 0.3) is 5.91 Å². The summed E-state index contributed by atoms with van der Waals surface area (Å²) in [6.07, 6.45) is 1.17. The number of rotatable bonds is 4. The number of hydrogen-bond acceptors (Lipinski definition) is 6. The van der Waals surface area contributed by atoms with Crippen molar-refractivity contribution in [2.75, 3.05) is 14.2 Å². The number of benzene rings is 1. The zero-order valence-electron chi connectivity index (χ0n) is 12.4. The van der Waals surface area contributed by atoms with Gasteiger partial charge in [-0.15, -0.1) is 0 Å². The van der Waals surface area contributed by atoms with Gasteiger partial charge in [0.15, 0.2) is 22.8 Å². The standard InChI is InChI=1S/C14H13N5O4/c1-22-8-4-3-7(5-9(8)23-2)19-13-11(18-14(19)21)10(12(15)20)16-6-17-13/h3-6H,1-2H3,(H2,15,20)(H,18,21). The van der Waals surface area contributed by atoms with Crippen molar-refractivity contribution in [1.82, 2.24) is 19.5 Å². The molecule has 0 fully saturated rings. The van der Waals surface area contributed by atoms with Crippen LogP contribution in [-0.4, -0.2) is 39.6 Å². The Balaban J connectivity index is 2.29. The molecule has 3 aromatic rings. The van der Waals surface area contributed by atoms with Gasteiger partial charge in [0.1, 0.15) is 11.8 Å². The first-order valence-electron chi connectivity index (χ1n) is 6.54. The van der Waals surface area contributed by atoms with Crippen LogP contribution in [0.25, 0.3) is 16.9 Å². The number of fused-ring (bicyclic) bond motifs is 1. The summed E-state index contributed by atoms with van der Waals surface area (Å²) in [6.45, 7) is 0. The Bertz CT molecular complexity index is 959. The lowest BCUT2D eigenvalue weighted by Gasteiger charge is -2.10. The third-order valence-electron chi connectivity index (χ3n) is 3.33. The van der Waals surface area contributed by atoms with Crippen LogP contribution in [0.4, 0.5) is 0 Å². The number of nitrogens with one attached hydrogen (secondary N) is 1. The smallest absolute Gasteiger partial charge is 0.332 e. The minimum absolute atomic E-state index is 0.0497. The largest absolute Gasteiger partial charge is 0.493 e. The molecule has 0 bridgehead atoms. The number of methoxy groups -OCH3 is 2. The Labute approximate surface area is 129 Å². The predicted molar refractivity (Wildman–Crippen MR) is 81.1 cm³/mol. The van der Waals surface area contributed by atoms with E-state index in [2.05, 4.69) is 15.0 Å². The number of hydrogen-bond donors (Lipinski definition) is 2. The van der Waals surface area contributed by atoms with E-state index >= 15 is 0 Å². The molecule has 0 radical (unpaired) electrons. The van der Waals surface area contributed by atoms with Crippen LogP contribution in [0.15, 0.2) is 29.3 Å². The van der Waals surface area contributed by atoms with Gasteiger partial charge in [0.05, 0.1) is 19.9 Å². The van der Waals surface area contributed by atoms with Gasteiger partial charge in [0, 0.05) is 6.07 Å². The molecule has 9 nitrogen and oxygen atoms in total. The fourth-order valence-corrected chi connectivity index (χ4v) is 2.31. The first kappa shape index (κ1) is 14.6. The normalized spacial score (nSPS) is 10.7. The predicted octanol–water partition coefficient (Wildman–Crippen LogP) is 0.225. The summed E-state index contributed by atoms with van der Waals surface area (Å²) < 4.78 is 11.7. The van der Waals surface area contributed by atoms with Gasteiger partial charge >= 0.3 is 5.69 Å². The Morgan fingerprint density at radius 2 is 1.96 bits per heavy atom. The van der Waals surface area contributed by atoms with Crippen LogP contribution in [0.2, 0.25) is 0 Å². The maximum Gasteiger partial charge on any atom is 0.332 e. The molecule has 2 aromatic heterocycles. The summed E-state index contributed by atoms with van der Waals surface area (Å²) >= 11 is 0. The van der Waals surface area contributed by atoms with Gasteiger partial charge in [-0.05, 0) is 12.1 Å². The van der Waals surface area contributed by atoms with E-state index in [1.54, 1.807) is 18.2 Å². The van der Waals surface area contributed by atoms with Gasteiger partial charge in [-0.25, -0.2) is 19.3 Å². The van der Waals surface area contributed by atoms with E-state index in [0.29, 0.717) is 17.2 Å². The number of ether oxygens (including phenoxy) is 2. The van der Waals surface area contributed by atoms with Crippen molar-refractivity contribution in [2.24, 2.45) is 5.73 Å². The minimum atomic E-state index is -0.752. The van der Waals surface area contributed by atoms with Crippen LogP contribution >= 0.6 is 0 Å². The van der Waals surface area contributed by atoms with E-state index in [-0.39, 0.29) is 16.9 Å². The summed E-state index contributed by atoms with van der Waals surface area (Å²) in [4.78, 5) is 34.1. The van der Waals surface area contributed by atoms with Crippen molar-refractivity contribution < 1.29 is 14.3 Å². The van der Waals surface area contributed by atoms with Crippen LogP contribution < -0.4 is 20.9 Å². The van der Waals surface area contributed by atoms with Crippen LogP contribution in [0.5, 0.6) is 11.5 Å². The monoisotopic (exact) mass is 315 g/mol. The molecule has 0 aliphatic carbocycles. The van der Waals surface area contributed by atoms with Crippen molar-refractivity contribution in [3.63, 3.8) is 0 Å². The van der Waals surface area contributed by atoms with Gasteiger partial charge in [-0.3, -0.25) is 4.79 Å². The number of imidazole rings is 1. The zero-order valence-corrected chi connectivity index (χ0v) is 12.4. The first-order chi connectivity index (χ1) is 11.1. The Hall–Kier alpha value is -3.36. The molecule has 23 heavy (non-hydrogen) atoms. The molecule has 118 valence electrons. The molecule has 0 unspecified atom stereocenters. The molecule has 0 aliphatic rings. The second-order valence-electron chi connectivity index (χ2n) is 4.59. The highest BCUT2D eigenvalue weighted by Gasteiger charge is 2.17. The minimum Gasteiger partial charge on any atom is -0.493 e. The Kier molecular flexibility index (Phi) is 3.45. The fourth-order valence-electron chi connectivity index (χ4n) is 2.31. The molecule has 0 saturated heterocycles.